The molecule has 1 fully saturated rings. The number of rotatable bonds is 1. The summed E-state index contributed by atoms with van der Waals surface area (Å²) in [6, 6.07) is 3.54. The predicted octanol–water partition coefficient (Wildman–Crippen LogP) is 2.47. The number of likely N-dealkylation sites (tertiary alicyclic amines) is 1. The first-order valence-electron chi connectivity index (χ1n) is 5.18. The fourth-order valence-electron chi connectivity index (χ4n) is 1.82. The lowest BCUT2D eigenvalue weighted by molar-refractivity contribution is 0.0724. The molecule has 0 aromatic carbocycles. The Labute approximate surface area is 97.6 Å². The lowest BCUT2D eigenvalue weighted by atomic mass is 10.1. The van der Waals surface area contributed by atoms with Crippen molar-refractivity contribution in [2.75, 3.05) is 13.1 Å². The maximum Gasteiger partial charge on any atom is 0.254 e. The van der Waals surface area contributed by atoms with Crippen LogP contribution in [0, 0.1) is 0 Å². The average Bonchev–Trinajstić information content (AvgIpc) is 2.29. The summed E-state index contributed by atoms with van der Waals surface area (Å²) in [6.07, 6.45) is 5.14. The summed E-state index contributed by atoms with van der Waals surface area (Å²) in [7, 11) is 0. The first-order chi connectivity index (χ1) is 7.27. The van der Waals surface area contributed by atoms with E-state index < -0.39 is 0 Å². The zero-order valence-corrected chi connectivity index (χ0v) is 10.0. The number of pyridine rings is 1. The Morgan fingerprint density at radius 3 is 2.73 bits per heavy atom. The molecule has 80 valence electrons. The number of carbonyl (C=O) groups excluding carboxylic acids is 1. The topological polar surface area (TPSA) is 33.2 Å². The summed E-state index contributed by atoms with van der Waals surface area (Å²) in [4.78, 5) is 18.0. The Bertz CT molecular complexity index is 361. The third kappa shape index (κ3) is 2.56. The molecule has 0 unspecified atom stereocenters. The van der Waals surface area contributed by atoms with Gasteiger partial charge in [0, 0.05) is 24.8 Å². The van der Waals surface area contributed by atoms with E-state index in [0.29, 0.717) is 4.60 Å². The predicted molar refractivity (Wildman–Crippen MR) is 61.7 cm³/mol. The van der Waals surface area contributed by atoms with Gasteiger partial charge in [0.1, 0.15) is 4.60 Å². The van der Waals surface area contributed by atoms with Gasteiger partial charge in [-0.1, -0.05) is 0 Å². The molecule has 0 bridgehead atoms. The normalized spacial score (nSPS) is 16.5. The van der Waals surface area contributed by atoms with Crippen LogP contribution in [0.3, 0.4) is 0 Å². The van der Waals surface area contributed by atoms with Crippen LogP contribution in [-0.4, -0.2) is 28.9 Å². The van der Waals surface area contributed by atoms with Crippen molar-refractivity contribution in [2.24, 2.45) is 0 Å². The van der Waals surface area contributed by atoms with Crippen LogP contribution in [0.1, 0.15) is 29.6 Å². The molecule has 0 aliphatic carbocycles. The molecule has 2 rings (SSSR count). The van der Waals surface area contributed by atoms with Gasteiger partial charge in [0.05, 0.1) is 0 Å². The number of hydrogen-bond acceptors (Lipinski definition) is 2. The van der Waals surface area contributed by atoms with Gasteiger partial charge >= 0.3 is 0 Å². The molecule has 1 aliphatic heterocycles. The quantitative estimate of drug-likeness (QED) is 0.734. The fraction of sp³-hybridized carbons (Fsp3) is 0.455. The maximum absolute atomic E-state index is 12.0. The fourth-order valence-corrected chi connectivity index (χ4v) is 2.18. The molecule has 0 radical (unpaired) electrons. The molecule has 0 atom stereocenters. The molecule has 0 N–H and O–H groups in total. The summed E-state index contributed by atoms with van der Waals surface area (Å²) in [5, 5.41) is 0. The van der Waals surface area contributed by atoms with Crippen molar-refractivity contribution in [3.8, 4) is 0 Å². The van der Waals surface area contributed by atoms with Gasteiger partial charge in [-0.15, -0.1) is 0 Å². The molecular weight excluding hydrogens is 256 g/mol. The molecular formula is C11H13BrN2O. The van der Waals surface area contributed by atoms with E-state index in [2.05, 4.69) is 20.9 Å². The number of carbonyl (C=O) groups is 1. The minimum Gasteiger partial charge on any atom is -0.339 e. The average molecular weight is 269 g/mol. The standard InChI is InChI=1S/C11H13BrN2O/c12-10-8-9(4-5-13-10)11(15)14-6-2-1-3-7-14/h4-5,8H,1-3,6-7H2. The van der Waals surface area contributed by atoms with Crippen LogP contribution < -0.4 is 0 Å². The highest BCUT2D eigenvalue weighted by molar-refractivity contribution is 9.10. The Morgan fingerprint density at radius 1 is 1.33 bits per heavy atom. The van der Waals surface area contributed by atoms with Crippen molar-refractivity contribution in [3.63, 3.8) is 0 Å². The molecule has 1 amide bonds. The highest BCUT2D eigenvalue weighted by Crippen LogP contribution is 2.14. The number of halogens is 1. The maximum atomic E-state index is 12.0. The third-order valence-corrected chi connectivity index (χ3v) is 3.05. The molecule has 1 saturated heterocycles. The van der Waals surface area contributed by atoms with Gasteiger partial charge in [-0.05, 0) is 47.3 Å². The number of nitrogens with zero attached hydrogens (tertiary/aromatic N) is 2. The monoisotopic (exact) mass is 268 g/mol. The highest BCUT2D eigenvalue weighted by atomic mass is 79.9. The number of hydrogen-bond donors (Lipinski definition) is 0. The smallest absolute Gasteiger partial charge is 0.254 e. The molecule has 1 aliphatic rings. The van der Waals surface area contributed by atoms with Crippen molar-refractivity contribution in [3.05, 3.63) is 28.5 Å². The van der Waals surface area contributed by atoms with Gasteiger partial charge in [0.15, 0.2) is 0 Å². The van der Waals surface area contributed by atoms with Crippen LogP contribution in [0.15, 0.2) is 22.9 Å². The van der Waals surface area contributed by atoms with Gasteiger partial charge in [-0.3, -0.25) is 4.79 Å². The molecule has 1 aromatic rings. The molecule has 4 heteroatoms. The first-order valence-corrected chi connectivity index (χ1v) is 5.97. The zero-order chi connectivity index (χ0) is 10.7. The van der Waals surface area contributed by atoms with Gasteiger partial charge in [0.25, 0.3) is 5.91 Å². The van der Waals surface area contributed by atoms with Gasteiger partial charge in [0.2, 0.25) is 0 Å². The van der Waals surface area contributed by atoms with E-state index in [1.54, 1.807) is 18.3 Å². The van der Waals surface area contributed by atoms with E-state index in [-0.39, 0.29) is 5.91 Å². The Hall–Kier alpha value is -0.900. The molecule has 15 heavy (non-hydrogen) atoms. The van der Waals surface area contributed by atoms with Crippen molar-refractivity contribution in [1.82, 2.24) is 9.88 Å². The number of aromatic nitrogens is 1. The van der Waals surface area contributed by atoms with Crippen LogP contribution in [-0.2, 0) is 0 Å². The second-order valence-corrected chi connectivity index (χ2v) is 4.53. The largest absolute Gasteiger partial charge is 0.339 e. The van der Waals surface area contributed by atoms with E-state index >= 15 is 0 Å². The van der Waals surface area contributed by atoms with Crippen LogP contribution in [0.2, 0.25) is 0 Å². The minimum absolute atomic E-state index is 0.123. The summed E-state index contributed by atoms with van der Waals surface area (Å²) in [6.45, 7) is 1.78. The van der Waals surface area contributed by atoms with Crippen LogP contribution in [0.5, 0.6) is 0 Å². The Morgan fingerprint density at radius 2 is 2.07 bits per heavy atom. The van der Waals surface area contributed by atoms with Crippen molar-refractivity contribution < 1.29 is 4.79 Å². The SMILES string of the molecule is O=C(c1ccnc(Br)c1)N1CCCCC1. The van der Waals surface area contributed by atoms with E-state index in [0.717, 1.165) is 31.5 Å². The second kappa shape index (κ2) is 4.75. The molecule has 0 spiro atoms. The van der Waals surface area contributed by atoms with Crippen LogP contribution >= 0.6 is 15.9 Å². The highest BCUT2D eigenvalue weighted by Gasteiger charge is 2.17. The van der Waals surface area contributed by atoms with E-state index in [1.807, 2.05) is 4.90 Å². The zero-order valence-electron chi connectivity index (χ0n) is 8.45. The lowest BCUT2D eigenvalue weighted by Gasteiger charge is -2.26. The van der Waals surface area contributed by atoms with E-state index in [9.17, 15) is 4.79 Å². The summed E-state index contributed by atoms with van der Waals surface area (Å²) >= 11 is 3.27. The molecule has 0 saturated carbocycles. The van der Waals surface area contributed by atoms with E-state index in [4.69, 9.17) is 0 Å². The Kier molecular flexibility index (Phi) is 3.36. The van der Waals surface area contributed by atoms with Gasteiger partial charge < -0.3 is 4.90 Å². The molecule has 3 nitrogen and oxygen atoms in total. The van der Waals surface area contributed by atoms with Gasteiger partial charge in [-0.25, -0.2) is 4.98 Å². The molecule has 2 heterocycles. The number of amides is 1. The van der Waals surface area contributed by atoms with Crippen LogP contribution in [0.4, 0.5) is 0 Å². The van der Waals surface area contributed by atoms with Crippen LogP contribution in [0.25, 0.3) is 0 Å². The van der Waals surface area contributed by atoms with Gasteiger partial charge in [-0.2, -0.15) is 0 Å². The summed E-state index contributed by atoms with van der Waals surface area (Å²) < 4.78 is 0.713. The molecule has 1 aromatic heterocycles. The van der Waals surface area contributed by atoms with E-state index in [1.165, 1.54) is 6.42 Å². The van der Waals surface area contributed by atoms with Crippen molar-refractivity contribution >= 4 is 21.8 Å². The lowest BCUT2D eigenvalue weighted by Crippen LogP contribution is -2.35. The Balaban J connectivity index is 2.12. The third-order valence-electron chi connectivity index (χ3n) is 2.62. The second-order valence-electron chi connectivity index (χ2n) is 3.72. The van der Waals surface area contributed by atoms with Crippen molar-refractivity contribution in [2.45, 2.75) is 19.3 Å². The first kappa shape index (κ1) is 10.6. The minimum atomic E-state index is 0.123. The van der Waals surface area contributed by atoms with Crippen molar-refractivity contribution in [1.29, 1.82) is 0 Å². The summed E-state index contributed by atoms with van der Waals surface area (Å²) in [5.41, 5.74) is 0.721. The summed E-state index contributed by atoms with van der Waals surface area (Å²) in [5.74, 6) is 0.123. The number of piperidine rings is 1.